The predicted molar refractivity (Wildman–Crippen MR) is 77.6 cm³/mol. The summed E-state index contributed by atoms with van der Waals surface area (Å²) >= 11 is 12.1. The van der Waals surface area contributed by atoms with Gasteiger partial charge in [-0.05, 0) is 18.2 Å². The summed E-state index contributed by atoms with van der Waals surface area (Å²) in [6.07, 6.45) is 1.38. The van der Waals surface area contributed by atoms with Gasteiger partial charge in [-0.15, -0.1) is 0 Å². The van der Waals surface area contributed by atoms with E-state index >= 15 is 0 Å². The average molecular weight is 310 g/mol. The van der Waals surface area contributed by atoms with E-state index in [1.807, 2.05) is 0 Å². The van der Waals surface area contributed by atoms with Crippen LogP contribution < -0.4 is 10.5 Å². The largest absolute Gasteiger partial charge is 0.479 e. The molecule has 3 aromatic rings. The first-order valence-electron chi connectivity index (χ1n) is 5.60. The van der Waals surface area contributed by atoms with Crippen molar-refractivity contribution in [1.29, 1.82) is 0 Å². The lowest BCUT2D eigenvalue weighted by atomic mass is 10.3. The lowest BCUT2D eigenvalue weighted by molar-refractivity contribution is 0.401. The Labute approximate surface area is 124 Å². The average Bonchev–Trinajstić information content (AvgIpc) is 2.75. The van der Waals surface area contributed by atoms with E-state index < -0.39 is 0 Å². The molecule has 0 aliphatic rings. The van der Waals surface area contributed by atoms with Crippen molar-refractivity contribution in [1.82, 2.24) is 19.5 Å². The highest BCUT2D eigenvalue weighted by Gasteiger charge is 2.17. The van der Waals surface area contributed by atoms with Gasteiger partial charge in [-0.1, -0.05) is 23.2 Å². The van der Waals surface area contributed by atoms with E-state index in [0.29, 0.717) is 32.8 Å². The Morgan fingerprint density at radius 3 is 2.75 bits per heavy atom. The minimum atomic E-state index is 0.239. The quantitative estimate of drug-likeness (QED) is 0.787. The molecule has 0 bridgehead atoms. The van der Waals surface area contributed by atoms with Gasteiger partial charge in [0.1, 0.15) is 6.33 Å². The normalized spacial score (nSPS) is 10.9. The number of ether oxygens (including phenoxy) is 1. The summed E-state index contributed by atoms with van der Waals surface area (Å²) in [5.41, 5.74) is 7.57. The molecule has 8 heteroatoms. The van der Waals surface area contributed by atoms with Crippen molar-refractivity contribution in [2.24, 2.45) is 0 Å². The summed E-state index contributed by atoms with van der Waals surface area (Å²) in [7, 11) is 1.51. The van der Waals surface area contributed by atoms with Crippen LogP contribution in [0.25, 0.3) is 16.9 Å². The molecule has 2 N–H and O–H groups in total. The van der Waals surface area contributed by atoms with Crippen LogP contribution in [0.15, 0.2) is 24.5 Å². The van der Waals surface area contributed by atoms with Crippen molar-refractivity contribution in [2.45, 2.75) is 0 Å². The maximum absolute atomic E-state index is 6.20. The molecule has 2 heterocycles. The Bertz CT molecular complexity index is 802. The summed E-state index contributed by atoms with van der Waals surface area (Å²) in [6, 6.07) is 5.09. The highest BCUT2D eigenvalue weighted by atomic mass is 35.5. The molecule has 0 aliphatic carbocycles. The van der Waals surface area contributed by atoms with Crippen molar-refractivity contribution in [3.8, 4) is 11.6 Å². The zero-order valence-electron chi connectivity index (χ0n) is 10.3. The predicted octanol–water partition coefficient (Wildman–Crippen LogP) is 2.71. The number of methoxy groups -OCH3 is 1. The minimum absolute atomic E-state index is 0.239. The Kier molecular flexibility index (Phi) is 3.11. The molecule has 0 aliphatic heterocycles. The fourth-order valence-corrected chi connectivity index (χ4v) is 2.43. The highest BCUT2D eigenvalue weighted by molar-refractivity contribution is 6.35. The number of imidazole rings is 1. The monoisotopic (exact) mass is 309 g/mol. The van der Waals surface area contributed by atoms with Gasteiger partial charge < -0.3 is 10.5 Å². The lowest BCUT2D eigenvalue weighted by Crippen LogP contribution is -2.02. The van der Waals surface area contributed by atoms with E-state index in [0.717, 1.165) is 0 Å². The molecule has 0 saturated carbocycles. The first kappa shape index (κ1) is 13.0. The smallest absolute Gasteiger partial charge is 0.245 e. The van der Waals surface area contributed by atoms with Gasteiger partial charge in [-0.2, -0.15) is 4.98 Å². The molecule has 1 aromatic carbocycles. The number of nitrogens with two attached hydrogens (primary N) is 1. The van der Waals surface area contributed by atoms with Crippen LogP contribution in [0.2, 0.25) is 10.0 Å². The zero-order chi connectivity index (χ0) is 14.3. The van der Waals surface area contributed by atoms with Gasteiger partial charge in [0, 0.05) is 5.02 Å². The standard InChI is InChI=1S/C12H9Cl2N5O/c1-20-11-9-10(16-5-17-11)19(12(15)18-9)8-3-2-6(13)4-7(8)14/h2-5H,1H3,(H2,15,18). The fourth-order valence-electron chi connectivity index (χ4n) is 1.94. The number of anilines is 1. The van der Waals surface area contributed by atoms with Crippen LogP contribution in [0.3, 0.4) is 0 Å². The van der Waals surface area contributed by atoms with Gasteiger partial charge >= 0.3 is 0 Å². The maximum Gasteiger partial charge on any atom is 0.245 e. The number of rotatable bonds is 2. The molecule has 102 valence electrons. The molecule has 2 aromatic heterocycles. The number of hydrogen-bond donors (Lipinski definition) is 1. The second-order valence-electron chi connectivity index (χ2n) is 3.96. The number of hydrogen-bond acceptors (Lipinski definition) is 5. The number of nitrogen functional groups attached to an aromatic ring is 1. The number of halogens is 2. The van der Waals surface area contributed by atoms with Crippen LogP contribution in [-0.4, -0.2) is 26.6 Å². The van der Waals surface area contributed by atoms with E-state index in [4.69, 9.17) is 33.7 Å². The summed E-state index contributed by atoms with van der Waals surface area (Å²) in [6.45, 7) is 0. The van der Waals surface area contributed by atoms with Crippen LogP contribution in [0.4, 0.5) is 5.95 Å². The Morgan fingerprint density at radius 1 is 1.25 bits per heavy atom. The number of fused-ring (bicyclic) bond motifs is 1. The van der Waals surface area contributed by atoms with Crippen LogP contribution in [0.1, 0.15) is 0 Å². The Morgan fingerprint density at radius 2 is 2.05 bits per heavy atom. The van der Waals surface area contributed by atoms with Gasteiger partial charge in [-0.3, -0.25) is 4.57 Å². The molecule has 0 spiro atoms. The second-order valence-corrected chi connectivity index (χ2v) is 4.80. The SMILES string of the molecule is COc1ncnc2c1nc(N)n2-c1ccc(Cl)cc1Cl. The van der Waals surface area contributed by atoms with E-state index in [9.17, 15) is 0 Å². The van der Waals surface area contributed by atoms with Crippen molar-refractivity contribution in [2.75, 3.05) is 12.8 Å². The molecule has 3 rings (SSSR count). The van der Waals surface area contributed by atoms with Crippen LogP contribution in [-0.2, 0) is 0 Å². The van der Waals surface area contributed by atoms with Crippen LogP contribution in [0, 0.1) is 0 Å². The molecule has 0 saturated heterocycles. The molecule has 20 heavy (non-hydrogen) atoms. The fraction of sp³-hybridized carbons (Fsp3) is 0.0833. The molecule has 0 amide bonds. The maximum atomic E-state index is 6.20. The first-order chi connectivity index (χ1) is 9.61. The molecule has 0 atom stereocenters. The van der Waals surface area contributed by atoms with Gasteiger partial charge in [0.2, 0.25) is 11.8 Å². The van der Waals surface area contributed by atoms with Gasteiger partial charge in [0.15, 0.2) is 11.2 Å². The van der Waals surface area contributed by atoms with Gasteiger partial charge in [0.25, 0.3) is 0 Å². The summed E-state index contributed by atoms with van der Waals surface area (Å²) < 4.78 is 6.77. The number of aromatic nitrogens is 4. The van der Waals surface area contributed by atoms with Gasteiger partial charge in [0.05, 0.1) is 17.8 Å². The van der Waals surface area contributed by atoms with E-state index in [1.54, 1.807) is 22.8 Å². The van der Waals surface area contributed by atoms with Gasteiger partial charge in [-0.25, -0.2) is 9.97 Å². The van der Waals surface area contributed by atoms with E-state index in [2.05, 4.69) is 15.0 Å². The third-order valence-electron chi connectivity index (χ3n) is 2.78. The first-order valence-corrected chi connectivity index (χ1v) is 6.35. The second kappa shape index (κ2) is 4.81. The molecule has 0 radical (unpaired) electrons. The summed E-state index contributed by atoms with van der Waals surface area (Å²) in [4.78, 5) is 12.4. The lowest BCUT2D eigenvalue weighted by Gasteiger charge is -2.08. The van der Waals surface area contributed by atoms with Crippen molar-refractivity contribution in [3.63, 3.8) is 0 Å². The molecule has 0 fully saturated rings. The molecular weight excluding hydrogens is 301 g/mol. The van der Waals surface area contributed by atoms with Crippen molar-refractivity contribution in [3.05, 3.63) is 34.6 Å². The Balaban J connectivity index is 2.34. The van der Waals surface area contributed by atoms with E-state index in [-0.39, 0.29) is 5.95 Å². The zero-order valence-corrected chi connectivity index (χ0v) is 11.9. The molecule has 0 unspecified atom stereocenters. The number of benzene rings is 1. The van der Waals surface area contributed by atoms with Crippen molar-refractivity contribution < 1.29 is 4.74 Å². The van der Waals surface area contributed by atoms with Crippen LogP contribution in [0.5, 0.6) is 5.88 Å². The summed E-state index contributed by atoms with van der Waals surface area (Å²) in [5, 5.41) is 0.982. The third kappa shape index (κ3) is 1.93. The van der Waals surface area contributed by atoms with Crippen LogP contribution >= 0.6 is 23.2 Å². The molecular formula is C12H9Cl2N5O. The van der Waals surface area contributed by atoms with E-state index in [1.165, 1.54) is 13.4 Å². The minimum Gasteiger partial charge on any atom is -0.479 e. The highest BCUT2D eigenvalue weighted by Crippen LogP contribution is 2.31. The Hall–Kier alpha value is -2.05. The number of nitrogens with zero attached hydrogens (tertiary/aromatic N) is 4. The topological polar surface area (TPSA) is 78.8 Å². The summed E-state index contributed by atoms with van der Waals surface area (Å²) in [5.74, 6) is 0.591. The van der Waals surface area contributed by atoms with Crippen molar-refractivity contribution >= 4 is 40.3 Å². The third-order valence-corrected chi connectivity index (χ3v) is 3.32. The molecule has 6 nitrogen and oxygen atoms in total.